The maximum atomic E-state index is 13.5. The third-order valence-corrected chi connectivity index (χ3v) is 3.82. The van der Waals surface area contributed by atoms with Crippen LogP contribution < -0.4 is 14.8 Å². The van der Waals surface area contributed by atoms with E-state index in [4.69, 9.17) is 9.47 Å². The fourth-order valence-electron chi connectivity index (χ4n) is 2.50. The zero-order valence-corrected chi connectivity index (χ0v) is 14.5. The van der Waals surface area contributed by atoms with Crippen molar-refractivity contribution >= 4 is 11.6 Å². The summed E-state index contributed by atoms with van der Waals surface area (Å²) in [5.74, 6) is -1.86. The molecule has 0 heterocycles. The van der Waals surface area contributed by atoms with E-state index in [0.717, 1.165) is 12.1 Å². The highest BCUT2D eigenvalue weighted by atomic mass is 19.2. The van der Waals surface area contributed by atoms with Gasteiger partial charge in [-0.15, -0.1) is 0 Å². The molecule has 0 spiro atoms. The van der Waals surface area contributed by atoms with Crippen LogP contribution in [0.25, 0.3) is 0 Å². The number of hydrogen-bond donors (Lipinski definition) is 1. The lowest BCUT2D eigenvalue weighted by molar-refractivity contribution is -0.123. The van der Waals surface area contributed by atoms with Gasteiger partial charge in [-0.25, -0.2) is 8.78 Å². The summed E-state index contributed by atoms with van der Waals surface area (Å²) in [6, 6.07) is 18.8. The number of halogens is 2. The predicted molar refractivity (Wildman–Crippen MR) is 97.8 cm³/mol. The minimum Gasteiger partial charge on any atom is -0.497 e. The second-order valence-corrected chi connectivity index (χ2v) is 5.71. The van der Waals surface area contributed by atoms with Crippen LogP contribution in [0.15, 0.2) is 72.8 Å². The molecule has 1 atom stereocenters. The van der Waals surface area contributed by atoms with Gasteiger partial charge in [0.05, 0.1) is 7.11 Å². The van der Waals surface area contributed by atoms with Crippen molar-refractivity contribution in [2.75, 3.05) is 12.4 Å². The molecule has 0 radical (unpaired) electrons. The lowest BCUT2D eigenvalue weighted by atomic mass is 10.1. The van der Waals surface area contributed by atoms with E-state index in [9.17, 15) is 13.6 Å². The number of carbonyl (C=O) groups is 1. The smallest absolute Gasteiger partial charge is 0.270 e. The van der Waals surface area contributed by atoms with Gasteiger partial charge in [0.2, 0.25) is 6.10 Å². The number of hydrogen-bond acceptors (Lipinski definition) is 3. The van der Waals surface area contributed by atoms with Crippen molar-refractivity contribution in [1.29, 1.82) is 0 Å². The number of anilines is 1. The van der Waals surface area contributed by atoms with E-state index in [1.54, 1.807) is 54.6 Å². The van der Waals surface area contributed by atoms with E-state index >= 15 is 0 Å². The Kier molecular flexibility index (Phi) is 5.66. The van der Waals surface area contributed by atoms with Gasteiger partial charge in [-0.1, -0.05) is 36.4 Å². The Bertz CT molecular complexity index is 932. The molecule has 0 aliphatic carbocycles. The topological polar surface area (TPSA) is 47.6 Å². The van der Waals surface area contributed by atoms with Crippen LogP contribution in [0.5, 0.6) is 11.5 Å². The molecule has 0 aromatic heterocycles. The Labute approximate surface area is 155 Å². The highest BCUT2D eigenvalue weighted by molar-refractivity contribution is 5.95. The summed E-state index contributed by atoms with van der Waals surface area (Å²) in [6.07, 6.45) is -1.05. The van der Waals surface area contributed by atoms with Crippen molar-refractivity contribution in [3.8, 4) is 11.5 Å². The molecule has 3 aromatic rings. The number of nitrogens with one attached hydrogen (secondary N) is 1. The summed E-state index contributed by atoms with van der Waals surface area (Å²) in [7, 11) is 1.53. The fraction of sp³-hybridized carbons (Fsp3) is 0.0952. The Balaban J connectivity index is 1.87. The summed E-state index contributed by atoms with van der Waals surface area (Å²) in [6.45, 7) is 0. The quantitative estimate of drug-likeness (QED) is 0.683. The van der Waals surface area contributed by atoms with E-state index in [1.165, 1.54) is 13.2 Å². The first kappa shape index (κ1) is 18.4. The molecule has 0 saturated carbocycles. The van der Waals surface area contributed by atoms with Gasteiger partial charge in [-0.05, 0) is 24.3 Å². The SMILES string of the molecule is COc1cccc(NC(=O)C(Oc2ccc(F)c(F)c2)c2ccccc2)c1. The molecule has 0 fully saturated rings. The Morgan fingerprint density at radius 1 is 0.889 bits per heavy atom. The molecular formula is C21H17F2NO3. The van der Waals surface area contributed by atoms with Crippen LogP contribution in [-0.4, -0.2) is 13.0 Å². The fourth-order valence-corrected chi connectivity index (χ4v) is 2.50. The van der Waals surface area contributed by atoms with Gasteiger partial charge in [-0.2, -0.15) is 0 Å². The van der Waals surface area contributed by atoms with Gasteiger partial charge in [0, 0.05) is 23.4 Å². The van der Waals surface area contributed by atoms with Gasteiger partial charge in [0.1, 0.15) is 11.5 Å². The van der Waals surface area contributed by atoms with E-state index in [-0.39, 0.29) is 5.75 Å². The number of rotatable bonds is 6. The minimum absolute atomic E-state index is 0.0449. The molecule has 3 rings (SSSR count). The van der Waals surface area contributed by atoms with Gasteiger partial charge < -0.3 is 14.8 Å². The van der Waals surface area contributed by atoms with Gasteiger partial charge >= 0.3 is 0 Å². The summed E-state index contributed by atoms with van der Waals surface area (Å²) in [5.41, 5.74) is 1.09. The number of carbonyl (C=O) groups excluding carboxylic acids is 1. The average molecular weight is 369 g/mol. The molecule has 0 aliphatic heterocycles. The third kappa shape index (κ3) is 4.61. The second kappa shape index (κ2) is 8.31. The largest absolute Gasteiger partial charge is 0.497 e. The van der Waals surface area contributed by atoms with Crippen LogP contribution in [0.4, 0.5) is 14.5 Å². The van der Waals surface area contributed by atoms with Crippen LogP contribution in [-0.2, 0) is 4.79 Å². The molecule has 0 aliphatic rings. The first-order valence-electron chi connectivity index (χ1n) is 8.18. The zero-order chi connectivity index (χ0) is 19.2. The molecule has 0 saturated heterocycles. The van der Waals surface area contributed by atoms with Crippen molar-refractivity contribution in [3.63, 3.8) is 0 Å². The van der Waals surface area contributed by atoms with Crippen LogP contribution in [0, 0.1) is 11.6 Å². The summed E-state index contributed by atoms with van der Waals surface area (Å²) >= 11 is 0. The van der Waals surface area contributed by atoms with Gasteiger partial charge in [-0.3, -0.25) is 4.79 Å². The summed E-state index contributed by atoms with van der Waals surface area (Å²) in [5, 5.41) is 2.75. The summed E-state index contributed by atoms with van der Waals surface area (Å²) in [4.78, 5) is 12.8. The molecule has 138 valence electrons. The highest BCUT2D eigenvalue weighted by Crippen LogP contribution is 2.26. The monoisotopic (exact) mass is 369 g/mol. The Morgan fingerprint density at radius 3 is 2.37 bits per heavy atom. The number of amides is 1. The van der Waals surface area contributed by atoms with Crippen molar-refractivity contribution in [3.05, 3.63) is 90.0 Å². The molecular weight excluding hydrogens is 352 g/mol. The molecule has 4 nitrogen and oxygen atoms in total. The maximum absolute atomic E-state index is 13.5. The van der Waals surface area contributed by atoms with Crippen molar-refractivity contribution in [2.45, 2.75) is 6.10 Å². The van der Waals surface area contributed by atoms with Crippen molar-refractivity contribution < 1.29 is 23.0 Å². The van der Waals surface area contributed by atoms with Crippen molar-refractivity contribution in [2.24, 2.45) is 0 Å². The van der Waals surface area contributed by atoms with Crippen LogP contribution >= 0.6 is 0 Å². The third-order valence-electron chi connectivity index (χ3n) is 3.82. The minimum atomic E-state index is -1.05. The second-order valence-electron chi connectivity index (χ2n) is 5.71. The summed E-state index contributed by atoms with van der Waals surface area (Å²) < 4.78 is 37.5. The van der Waals surface area contributed by atoms with E-state index < -0.39 is 23.6 Å². The molecule has 3 aromatic carbocycles. The first-order chi connectivity index (χ1) is 13.1. The number of methoxy groups -OCH3 is 1. The predicted octanol–water partition coefficient (Wildman–Crippen LogP) is 4.73. The lowest BCUT2D eigenvalue weighted by Gasteiger charge is -2.19. The van der Waals surface area contributed by atoms with Crippen molar-refractivity contribution in [1.82, 2.24) is 0 Å². The Morgan fingerprint density at radius 2 is 1.67 bits per heavy atom. The molecule has 0 bridgehead atoms. The first-order valence-corrected chi connectivity index (χ1v) is 8.18. The van der Waals surface area contributed by atoms with Crippen LogP contribution in [0.1, 0.15) is 11.7 Å². The van der Waals surface area contributed by atoms with E-state index in [1.807, 2.05) is 0 Å². The molecule has 6 heteroatoms. The van der Waals surface area contributed by atoms with E-state index in [2.05, 4.69) is 5.32 Å². The highest BCUT2D eigenvalue weighted by Gasteiger charge is 2.23. The maximum Gasteiger partial charge on any atom is 0.270 e. The zero-order valence-electron chi connectivity index (χ0n) is 14.5. The number of ether oxygens (including phenoxy) is 2. The Hall–Kier alpha value is -3.41. The standard InChI is InChI=1S/C21H17F2NO3/c1-26-16-9-5-8-15(12-16)24-21(25)20(14-6-3-2-4-7-14)27-17-10-11-18(22)19(23)13-17/h2-13,20H,1H3,(H,24,25). The van der Waals surface area contributed by atoms with Gasteiger partial charge in [0.25, 0.3) is 5.91 Å². The van der Waals surface area contributed by atoms with E-state index in [0.29, 0.717) is 17.0 Å². The van der Waals surface area contributed by atoms with Crippen LogP contribution in [0.2, 0.25) is 0 Å². The molecule has 1 unspecified atom stereocenters. The normalized spacial score (nSPS) is 11.5. The van der Waals surface area contributed by atoms with Crippen LogP contribution in [0.3, 0.4) is 0 Å². The average Bonchev–Trinajstić information content (AvgIpc) is 2.69. The number of benzene rings is 3. The molecule has 1 N–H and O–H groups in total. The molecule has 1 amide bonds. The van der Waals surface area contributed by atoms with Gasteiger partial charge in [0.15, 0.2) is 11.6 Å². The molecule has 27 heavy (non-hydrogen) atoms. The lowest BCUT2D eigenvalue weighted by Crippen LogP contribution is -2.25.